The van der Waals surface area contributed by atoms with Gasteiger partial charge in [0.1, 0.15) is 0 Å². The van der Waals surface area contributed by atoms with Crippen molar-refractivity contribution in [2.75, 3.05) is 25.7 Å². The lowest BCUT2D eigenvalue weighted by Crippen LogP contribution is -2.54. The van der Waals surface area contributed by atoms with Gasteiger partial charge >= 0.3 is 11.9 Å². The van der Waals surface area contributed by atoms with Gasteiger partial charge in [0.15, 0.2) is 0 Å². The Morgan fingerprint density at radius 2 is 1.85 bits per heavy atom. The van der Waals surface area contributed by atoms with Gasteiger partial charge in [-0.3, -0.25) is 9.59 Å². The molecule has 1 atom stereocenters. The molecule has 1 unspecified atom stereocenters. The van der Waals surface area contributed by atoms with Gasteiger partial charge in [0.2, 0.25) is 5.41 Å². The predicted octanol–water partition coefficient (Wildman–Crippen LogP) is 1.25. The zero-order valence-corrected chi connectivity index (χ0v) is 11.6. The minimum Gasteiger partial charge on any atom is -0.468 e. The second-order valence-electron chi connectivity index (χ2n) is 5.16. The summed E-state index contributed by atoms with van der Waals surface area (Å²) in [6.45, 7) is 0.845. The van der Waals surface area contributed by atoms with Crippen molar-refractivity contribution in [2.24, 2.45) is 0 Å². The summed E-state index contributed by atoms with van der Waals surface area (Å²) >= 11 is 0. The van der Waals surface area contributed by atoms with Gasteiger partial charge in [-0.25, -0.2) is 0 Å². The Kier molecular flexibility index (Phi) is 2.92. The number of hydrogen-bond acceptors (Lipinski definition) is 5. The fraction of sp³-hybridized carbons (Fsp3) is 0.467. The van der Waals surface area contributed by atoms with E-state index < -0.39 is 17.4 Å². The molecule has 0 radical (unpaired) electrons. The second-order valence-corrected chi connectivity index (χ2v) is 5.16. The van der Waals surface area contributed by atoms with Gasteiger partial charge in [0.25, 0.3) is 0 Å². The number of rotatable bonds is 2. The highest BCUT2D eigenvalue weighted by atomic mass is 16.5. The molecule has 0 amide bonds. The number of ether oxygens (including phenoxy) is 2. The van der Waals surface area contributed by atoms with Gasteiger partial charge < -0.3 is 14.4 Å². The maximum absolute atomic E-state index is 12.5. The highest BCUT2D eigenvalue weighted by molar-refractivity contribution is 6.11. The highest BCUT2D eigenvalue weighted by Gasteiger charge is 2.64. The lowest BCUT2D eigenvalue weighted by molar-refractivity contribution is -0.162. The first-order chi connectivity index (χ1) is 9.67. The van der Waals surface area contributed by atoms with Crippen LogP contribution in [-0.4, -0.2) is 38.7 Å². The third kappa shape index (κ3) is 1.38. The molecule has 2 heterocycles. The number of benzene rings is 1. The zero-order valence-electron chi connectivity index (χ0n) is 11.6. The van der Waals surface area contributed by atoms with E-state index >= 15 is 0 Å². The number of para-hydroxylation sites is 1. The maximum atomic E-state index is 12.5. The summed E-state index contributed by atoms with van der Waals surface area (Å²) < 4.78 is 9.92. The molecule has 0 aliphatic carbocycles. The van der Waals surface area contributed by atoms with E-state index in [-0.39, 0.29) is 6.04 Å². The van der Waals surface area contributed by atoms with Crippen molar-refractivity contribution in [3.05, 3.63) is 29.8 Å². The standard InChI is InChI=1S/C15H17NO4/c1-19-13(17)15(14(18)20-2)10-6-3-4-7-11(10)16-9-5-8-12(15)16/h3-4,6-7,12H,5,8-9H2,1-2H3. The number of anilines is 1. The van der Waals surface area contributed by atoms with E-state index in [0.29, 0.717) is 5.56 Å². The lowest BCUT2D eigenvalue weighted by Gasteiger charge is -2.30. The summed E-state index contributed by atoms with van der Waals surface area (Å²) in [5.74, 6) is -1.07. The molecule has 1 saturated heterocycles. The average molecular weight is 275 g/mol. The van der Waals surface area contributed by atoms with E-state index in [1.54, 1.807) is 0 Å². The molecule has 3 rings (SSSR count). The van der Waals surface area contributed by atoms with Crippen molar-refractivity contribution in [1.82, 2.24) is 0 Å². The predicted molar refractivity (Wildman–Crippen MR) is 72.5 cm³/mol. The molecular formula is C15H17NO4. The second kappa shape index (κ2) is 4.51. The van der Waals surface area contributed by atoms with Crippen LogP contribution in [0.15, 0.2) is 24.3 Å². The summed E-state index contributed by atoms with van der Waals surface area (Å²) in [6, 6.07) is 7.31. The maximum Gasteiger partial charge on any atom is 0.330 e. The van der Waals surface area contributed by atoms with E-state index in [9.17, 15) is 9.59 Å². The first kappa shape index (κ1) is 13.0. The van der Waals surface area contributed by atoms with Crippen LogP contribution in [0.1, 0.15) is 18.4 Å². The van der Waals surface area contributed by atoms with E-state index in [2.05, 4.69) is 4.90 Å². The van der Waals surface area contributed by atoms with Gasteiger partial charge in [-0.05, 0) is 18.9 Å². The first-order valence-electron chi connectivity index (χ1n) is 6.71. The summed E-state index contributed by atoms with van der Waals surface area (Å²) in [4.78, 5) is 27.1. The average Bonchev–Trinajstić information content (AvgIpc) is 3.06. The van der Waals surface area contributed by atoms with E-state index in [1.165, 1.54) is 14.2 Å². The fourth-order valence-corrected chi connectivity index (χ4v) is 3.64. The Morgan fingerprint density at radius 1 is 1.20 bits per heavy atom. The first-order valence-corrected chi connectivity index (χ1v) is 6.71. The van der Waals surface area contributed by atoms with Crippen molar-refractivity contribution in [2.45, 2.75) is 24.3 Å². The van der Waals surface area contributed by atoms with Gasteiger partial charge in [-0.1, -0.05) is 18.2 Å². The quantitative estimate of drug-likeness (QED) is 0.600. The number of carbonyl (C=O) groups excluding carboxylic acids is 2. The molecule has 0 aromatic heterocycles. The Hall–Kier alpha value is -2.04. The summed E-state index contributed by atoms with van der Waals surface area (Å²) in [5, 5.41) is 0. The summed E-state index contributed by atoms with van der Waals surface area (Å²) in [6.07, 6.45) is 1.73. The monoisotopic (exact) mass is 275 g/mol. The van der Waals surface area contributed by atoms with E-state index in [0.717, 1.165) is 25.1 Å². The summed E-state index contributed by atoms with van der Waals surface area (Å²) in [7, 11) is 2.63. The van der Waals surface area contributed by atoms with Crippen LogP contribution >= 0.6 is 0 Å². The number of hydrogen-bond donors (Lipinski definition) is 0. The molecule has 2 aliphatic heterocycles. The number of methoxy groups -OCH3 is 2. The molecule has 0 spiro atoms. The highest BCUT2D eigenvalue weighted by Crippen LogP contribution is 2.50. The van der Waals surface area contributed by atoms with Crippen LogP contribution in [0.25, 0.3) is 0 Å². The third-order valence-corrected chi connectivity index (χ3v) is 4.41. The molecule has 106 valence electrons. The van der Waals surface area contributed by atoms with Gasteiger partial charge in [-0.2, -0.15) is 0 Å². The molecule has 20 heavy (non-hydrogen) atoms. The number of fused-ring (bicyclic) bond motifs is 3. The largest absolute Gasteiger partial charge is 0.468 e. The Balaban J connectivity index is 2.27. The topological polar surface area (TPSA) is 55.8 Å². The van der Waals surface area contributed by atoms with Crippen LogP contribution in [0.3, 0.4) is 0 Å². The number of esters is 2. The molecule has 5 nitrogen and oxygen atoms in total. The van der Waals surface area contributed by atoms with Gasteiger partial charge in [0, 0.05) is 17.8 Å². The van der Waals surface area contributed by atoms with Crippen LogP contribution in [0.5, 0.6) is 0 Å². The molecule has 0 saturated carbocycles. The Bertz CT molecular complexity index is 553. The van der Waals surface area contributed by atoms with Crippen molar-refractivity contribution in [1.29, 1.82) is 0 Å². The molecular weight excluding hydrogens is 258 g/mol. The summed E-state index contributed by atoms with van der Waals surface area (Å²) in [5.41, 5.74) is 0.283. The Labute approximate surface area is 117 Å². The van der Waals surface area contributed by atoms with Crippen LogP contribution in [-0.2, 0) is 24.5 Å². The van der Waals surface area contributed by atoms with Crippen LogP contribution in [0, 0.1) is 0 Å². The molecule has 0 bridgehead atoms. The zero-order chi connectivity index (χ0) is 14.3. The van der Waals surface area contributed by atoms with Crippen LogP contribution in [0.4, 0.5) is 5.69 Å². The van der Waals surface area contributed by atoms with Crippen molar-refractivity contribution < 1.29 is 19.1 Å². The SMILES string of the molecule is COC(=O)C1(C(=O)OC)c2ccccc2N2CCCC21. The molecule has 1 fully saturated rings. The minimum absolute atomic E-state index is 0.209. The van der Waals surface area contributed by atoms with Crippen molar-refractivity contribution in [3.8, 4) is 0 Å². The van der Waals surface area contributed by atoms with Crippen molar-refractivity contribution in [3.63, 3.8) is 0 Å². The van der Waals surface area contributed by atoms with E-state index in [1.807, 2.05) is 24.3 Å². The number of nitrogens with zero attached hydrogens (tertiary/aromatic N) is 1. The van der Waals surface area contributed by atoms with Crippen molar-refractivity contribution >= 4 is 17.6 Å². The Morgan fingerprint density at radius 3 is 2.50 bits per heavy atom. The smallest absolute Gasteiger partial charge is 0.330 e. The van der Waals surface area contributed by atoms with Crippen LogP contribution in [0.2, 0.25) is 0 Å². The van der Waals surface area contributed by atoms with E-state index in [4.69, 9.17) is 9.47 Å². The molecule has 0 N–H and O–H groups in total. The number of carbonyl (C=O) groups is 2. The molecule has 1 aromatic rings. The molecule has 2 aliphatic rings. The third-order valence-electron chi connectivity index (χ3n) is 4.41. The molecule has 1 aromatic carbocycles. The lowest BCUT2D eigenvalue weighted by atomic mass is 9.75. The van der Waals surface area contributed by atoms with Gasteiger partial charge in [0.05, 0.1) is 20.3 Å². The fourth-order valence-electron chi connectivity index (χ4n) is 3.64. The minimum atomic E-state index is -1.35. The normalized spacial score (nSPS) is 22.1. The van der Waals surface area contributed by atoms with Crippen LogP contribution < -0.4 is 4.90 Å². The van der Waals surface area contributed by atoms with Gasteiger partial charge in [-0.15, -0.1) is 0 Å². The molecule has 5 heteroatoms.